The molecule has 5 heteroatoms. The highest BCUT2D eigenvalue weighted by molar-refractivity contribution is 4.70. The van der Waals surface area contributed by atoms with Crippen LogP contribution in [0.25, 0.3) is 0 Å². The molecule has 0 saturated carbocycles. The lowest BCUT2D eigenvalue weighted by atomic mass is 10.2. The lowest BCUT2D eigenvalue weighted by Gasteiger charge is -2.17. The maximum atomic E-state index is 11.7. The standard InChI is InChI=1S/C7H14F3NO/c1-3-5(2)11-4-6(12)7(8,9)10/h5-6,11-12H,3-4H2,1-2H3/t5-,6-/m1/s1. The fourth-order valence-electron chi connectivity index (χ4n) is 0.573. The summed E-state index contributed by atoms with van der Waals surface area (Å²) in [5.41, 5.74) is 0. The van der Waals surface area contributed by atoms with Crippen LogP contribution in [-0.4, -0.2) is 30.0 Å². The molecule has 0 aliphatic rings. The van der Waals surface area contributed by atoms with E-state index in [1.165, 1.54) is 0 Å². The van der Waals surface area contributed by atoms with Gasteiger partial charge in [0.2, 0.25) is 0 Å². The quantitative estimate of drug-likeness (QED) is 0.691. The molecule has 0 unspecified atom stereocenters. The molecule has 0 spiro atoms. The average Bonchev–Trinajstić information content (AvgIpc) is 1.97. The Morgan fingerprint density at radius 2 is 1.92 bits per heavy atom. The summed E-state index contributed by atoms with van der Waals surface area (Å²) < 4.78 is 35.1. The largest absolute Gasteiger partial charge is 0.415 e. The number of rotatable bonds is 4. The number of halogens is 3. The topological polar surface area (TPSA) is 32.3 Å². The van der Waals surface area contributed by atoms with E-state index in [0.29, 0.717) is 0 Å². The van der Waals surface area contributed by atoms with Crippen LogP contribution in [0.15, 0.2) is 0 Å². The second-order valence-electron chi connectivity index (χ2n) is 2.77. The molecule has 2 N–H and O–H groups in total. The third kappa shape index (κ3) is 4.56. The van der Waals surface area contributed by atoms with Crippen molar-refractivity contribution < 1.29 is 18.3 Å². The highest BCUT2D eigenvalue weighted by atomic mass is 19.4. The lowest BCUT2D eigenvalue weighted by Crippen LogP contribution is -2.41. The molecule has 74 valence electrons. The van der Waals surface area contributed by atoms with Crippen LogP contribution in [0.4, 0.5) is 13.2 Å². The highest BCUT2D eigenvalue weighted by Gasteiger charge is 2.37. The molecule has 0 aromatic carbocycles. The second-order valence-corrected chi connectivity index (χ2v) is 2.77. The maximum Gasteiger partial charge on any atom is 0.415 e. The van der Waals surface area contributed by atoms with E-state index in [0.717, 1.165) is 6.42 Å². The van der Waals surface area contributed by atoms with Gasteiger partial charge in [-0.15, -0.1) is 0 Å². The molecule has 0 amide bonds. The zero-order chi connectivity index (χ0) is 9.78. The van der Waals surface area contributed by atoms with E-state index in [1.807, 2.05) is 6.92 Å². The summed E-state index contributed by atoms with van der Waals surface area (Å²) in [6.07, 6.45) is -6.03. The molecule has 0 aromatic heterocycles. The molecule has 0 bridgehead atoms. The summed E-state index contributed by atoms with van der Waals surface area (Å²) in [4.78, 5) is 0. The van der Waals surface area contributed by atoms with Crippen molar-refractivity contribution in [1.82, 2.24) is 5.32 Å². The molecule has 0 aliphatic heterocycles. The summed E-state index contributed by atoms with van der Waals surface area (Å²) in [5, 5.41) is 11.1. The molecule has 0 saturated heterocycles. The maximum absolute atomic E-state index is 11.7. The Kier molecular flexibility index (Phi) is 4.55. The summed E-state index contributed by atoms with van der Waals surface area (Å²) in [6.45, 7) is 3.19. The molecule has 0 rings (SSSR count). The molecule has 2 atom stereocenters. The van der Waals surface area contributed by atoms with Crippen LogP contribution in [0.1, 0.15) is 20.3 Å². The molecule has 0 radical (unpaired) electrons. The Bertz CT molecular complexity index is 126. The second kappa shape index (κ2) is 4.67. The van der Waals surface area contributed by atoms with Crippen LogP contribution in [0.2, 0.25) is 0 Å². The van der Waals surface area contributed by atoms with Crippen molar-refractivity contribution in [2.24, 2.45) is 0 Å². The molecule has 0 aromatic rings. The fourth-order valence-corrected chi connectivity index (χ4v) is 0.573. The molecule has 0 aliphatic carbocycles. The Morgan fingerprint density at radius 3 is 2.25 bits per heavy atom. The van der Waals surface area contributed by atoms with Gasteiger partial charge in [0.1, 0.15) is 0 Å². The summed E-state index contributed by atoms with van der Waals surface area (Å²) in [6, 6.07) is 0.00185. The molecular formula is C7H14F3NO. The van der Waals surface area contributed by atoms with Gasteiger partial charge in [-0.2, -0.15) is 13.2 Å². The van der Waals surface area contributed by atoms with Gasteiger partial charge in [-0.25, -0.2) is 0 Å². The first-order valence-corrected chi connectivity index (χ1v) is 3.86. The molecule has 0 fully saturated rings. The molecular weight excluding hydrogens is 171 g/mol. The van der Waals surface area contributed by atoms with Crippen LogP contribution in [-0.2, 0) is 0 Å². The zero-order valence-electron chi connectivity index (χ0n) is 7.15. The first-order valence-electron chi connectivity index (χ1n) is 3.86. The van der Waals surface area contributed by atoms with Crippen molar-refractivity contribution in [2.75, 3.05) is 6.54 Å². The number of aliphatic hydroxyl groups is 1. The van der Waals surface area contributed by atoms with Crippen molar-refractivity contribution in [3.8, 4) is 0 Å². The van der Waals surface area contributed by atoms with Gasteiger partial charge in [0, 0.05) is 12.6 Å². The third-order valence-corrected chi connectivity index (χ3v) is 1.65. The number of hydrogen-bond acceptors (Lipinski definition) is 2. The Balaban J connectivity index is 3.64. The molecule has 2 nitrogen and oxygen atoms in total. The molecule has 12 heavy (non-hydrogen) atoms. The van der Waals surface area contributed by atoms with E-state index < -0.39 is 18.8 Å². The van der Waals surface area contributed by atoms with Gasteiger partial charge < -0.3 is 10.4 Å². The minimum absolute atomic E-state index is 0.00185. The van der Waals surface area contributed by atoms with Crippen molar-refractivity contribution in [3.05, 3.63) is 0 Å². The Hall–Kier alpha value is -0.290. The first kappa shape index (κ1) is 11.7. The van der Waals surface area contributed by atoms with Gasteiger partial charge >= 0.3 is 6.18 Å². The smallest absolute Gasteiger partial charge is 0.382 e. The van der Waals surface area contributed by atoms with Gasteiger partial charge in [0.15, 0.2) is 6.10 Å². The van der Waals surface area contributed by atoms with E-state index in [4.69, 9.17) is 5.11 Å². The number of aliphatic hydroxyl groups excluding tert-OH is 1. The third-order valence-electron chi connectivity index (χ3n) is 1.65. The van der Waals surface area contributed by atoms with Crippen LogP contribution in [0.3, 0.4) is 0 Å². The van der Waals surface area contributed by atoms with E-state index in [1.54, 1.807) is 6.92 Å². The summed E-state index contributed by atoms with van der Waals surface area (Å²) >= 11 is 0. The van der Waals surface area contributed by atoms with E-state index in [-0.39, 0.29) is 6.04 Å². The first-order chi connectivity index (χ1) is 5.38. The van der Waals surface area contributed by atoms with Crippen LogP contribution in [0.5, 0.6) is 0 Å². The Labute approximate surface area is 69.8 Å². The minimum Gasteiger partial charge on any atom is -0.382 e. The monoisotopic (exact) mass is 185 g/mol. The number of nitrogens with one attached hydrogen (secondary N) is 1. The van der Waals surface area contributed by atoms with E-state index in [9.17, 15) is 13.2 Å². The highest BCUT2D eigenvalue weighted by Crippen LogP contribution is 2.19. The van der Waals surface area contributed by atoms with Gasteiger partial charge in [0.05, 0.1) is 0 Å². The SMILES string of the molecule is CC[C@@H](C)NC[C@@H](O)C(F)(F)F. The van der Waals surface area contributed by atoms with E-state index >= 15 is 0 Å². The van der Waals surface area contributed by atoms with Crippen molar-refractivity contribution in [3.63, 3.8) is 0 Å². The number of alkyl halides is 3. The predicted octanol–water partition coefficient (Wildman–Crippen LogP) is 1.30. The number of hydrogen-bond donors (Lipinski definition) is 2. The van der Waals surface area contributed by atoms with E-state index in [2.05, 4.69) is 5.32 Å². The van der Waals surface area contributed by atoms with Crippen molar-refractivity contribution in [1.29, 1.82) is 0 Å². The Morgan fingerprint density at radius 1 is 1.42 bits per heavy atom. The summed E-state index contributed by atoms with van der Waals surface area (Å²) in [5.74, 6) is 0. The van der Waals surface area contributed by atoms with Crippen molar-refractivity contribution in [2.45, 2.75) is 38.6 Å². The van der Waals surface area contributed by atoms with Crippen LogP contribution < -0.4 is 5.32 Å². The zero-order valence-corrected chi connectivity index (χ0v) is 7.15. The van der Waals surface area contributed by atoms with Crippen LogP contribution >= 0.6 is 0 Å². The van der Waals surface area contributed by atoms with Gasteiger partial charge in [-0.05, 0) is 13.3 Å². The predicted molar refractivity (Wildman–Crippen MR) is 39.8 cm³/mol. The molecule has 0 heterocycles. The average molecular weight is 185 g/mol. The minimum atomic E-state index is -4.51. The normalized spacial score (nSPS) is 17.5. The van der Waals surface area contributed by atoms with Crippen molar-refractivity contribution >= 4 is 0 Å². The van der Waals surface area contributed by atoms with Crippen LogP contribution in [0, 0.1) is 0 Å². The lowest BCUT2D eigenvalue weighted by molar-refractivity contribution is -0.202. The van der Waals surface area contributed by atoms with Gasteiger partial charge in [0.25, 0.3) is 0 Å². The summed E-state index contributed by atoms with van der Waals surface area (Å²) in [7, 11) is 0. The van der Waals surface area contributed by atoms with Gasteiger partial charge in [-0.3, -0.25) is 0 Å². The fraction of sp³-hybridized carbons (Fsp3) is 1.00. The van der Waals surface area contributed by atoms with Gasteiger partial charge in [-0.1, -0.05) is 6.92 Å².